The van der Waals surface area contributed by atoms with E-state index in [1.165, 1.54) is 6.07 Å². The van der Waals surface area contributed by atoms with Gasteiger partial charge in [0.05, 0.1) is 5.69 Å². The van der Waals surface area contributed by atoms with Crippen LogP contribution in [0.5, 0.6) is 0 Å². The molecule has 0 radical (unpaired) electrons. The molecule has 4 rings (SSSR count). The molecule has 0 unspecified atom stereocenters. The van der Waals surface area contributed by atoms with Gasteiger partial charge in [-0.1, -0.05) is 0 Å². The van der Waals surface area contributed by atoms with Gasteiger partial charge < -0.3 is 10.6 Å². The monoisotopic (exact) mass is 339 g/mol. The maximum atomic E-state index is 13.4. The Bertz CT molecular complexity index is 897. The van der Waals surface area contributed by atoms with Crippen molar-refractivity contribution in [2.24, 2.45) is 0 Å². The van der Waals surface area contributed by atoms with Crippen molar-refractivity contribution < 1.29 is 8.78 Å². The van der Waals surface area contributed by atoms with Crippen LogP contribution in [-0.2, 0) is 0 Å². The molecule has 5 nitrogen and oxygen atoms in total. The minimum Gasteiger partial charge on any atom is -0.351 e. The predicted octanol–water partition coefficient (Wildman–Crippen LogP) is 4.13. The number of pyridine rings is 1. The van der Waals surface area contributed by atoms with E-state index in [0.29, 0.717) is 29.2 Å². The first kappa shape index (κ1) is 15.4. The molecule has 1 fully saturated rings. The van der Waals surface area contributed by atoms with Gasteiger partial charge in [0.2, 0.25) is 5.95 Å². The number of hydrogen-bond acceptors (Lipinski definition) is 5. The summed E-state index contributed by atoms with van der Waals surface area (Å²) >= 11 is 0. The highest BCUT2D eigenvalue weighted by Gasteiger charge is 2.22. The predicted molar refractivity (Wildman–Crippen MR) is 91.5 cm³/mol. The summed E-state index contributed by atoms with van der Waals surface area (Å²) < 4.78 is 26.5. The zero-order chi connectivity index (χ0) is 17.2. The van der Waals surface area contributed by atoms with Crippen LogP contribution in [0.25, 0.3) is 11.3 Å². The van der Waals surface area contributed by atoms with Crippen LogP contribution < -0.4 is 10.6 Å². The van der Waals surface area contributed by atoms with Crippen LogP contribution >= 0.6 is 0 Å². The van der Waals surface area contributed by atoms with Crippen LogP contribution in [0.4, 0.5) is 26.2 Å². The normalized spacial score (nSPS) is 13.5. The van der Waals surface area contributed by atoms with Gasteiger partial charge in [-0.05, 0) is 37.1 Å². The van der Waals surface area contributed by atoms with Crippen molar-refractivity contribution in [3.05, 3.63) is 60.4 Å². The van der Waals surface area contributed by atoms with Crippen LogP contribution in [0, 0.1) is 11.6 Å². The highest BCUT2D eigenvalue weighted by atomic mass is 19.2. The van der Waals surface area contributed by atoms with E-state index in [1.807, 2.05) is 12.1 Å². The highest BCUT2D eigenvalue weighted by Crippen LogP contribution is 2.27. The van der Waals surface area contributed by atoms with E-state index in [4.69, 9.17) is 0 Å². The van der Waals surface area contributed by atoms with E-state index in [2.05, 4.69) is 25.6 Å². The molecule has 0 aliphatic heterocycles. The number of nitrogens with one attached hydrogen (secondary N) is 2. The number of halogens is 2. The second-order valence-electron chi connectivity index (χ2n) is 5.87. The standard InChI is InChI=1S/C18H15F2N5/c19-14-4-3-13(9-15(14)20)22-17-10-16(11-5-7-21-8-6-11)24-18(25-17)23-12-1-2-12/h3-10,12H,1-2H2,(H2,22,23,24,25). The molecule has 1 aliphatic carbocycles. The van der Waals surface area contributed by atoms with Gasteiger partial charge in [-0.15, -0.1) is 0 Å². The molecule has 2 heterocycles. The van der Waals surface area contributed by atoms with Gasteiger partial charge in [-0.25, -0.2) is 13.8 Å². The second kappa shape index (κ2) is 6.43. The summed E-state index contributed by atoms with van der Waals surface area (Å²) in [5.41, 5.74) is 2.02. The number of rotatable bonds is 5. The van der Waals surface area contributed by atoms with Crippen molar-refractivity contribution in [2.75, 3.05) is 10.6 Å². The summed E-state index contributed by atoms with van der Waals surface area (Å²) in [6.45, 7) is 0. The molecule has 1 saturated carbocycles. The van der Waals surface area contributed by atoms with Crippen LogP contribution in [0.15, 0.2) is 48.8 Å². The quantitative estimate of drug-likeness (QED) is 0.732. The fourth-order valence-corrected chi connectivity index (χ4v) is 2.38. The van der Waals surface area contributed by atoms with E-state index < -0.39 is 11.6 Å². The molecule has 126 valence electrons. The van der Waals surface area contributed by atoms with E-state index >= 15 is 0 Å². The van der Waals surface area contributed by atoms with Crippen LogP contribution in [0.1, 0.15) is 12.8 Å². The molecular formula is C18H15F2N5. The minimum absolute atomic E-state index is 0.392. The minimum atomic E-state index is -0.912. The summed E-state index contributed by atoms with van der Waals surface area (Å²) in [6.07, 6.45) is 5.56. The lowest BCUT2D eigenvalue weighted by atomic mass is 10.2. The second-order valence-corrected chi connectivity index (χ2v) is 5.87. The number of benzene rings is 1. The third-order valence-electron chi connectivity index (χ3n) is 3.80. The van der Waals surface area contributed by atoms with Crippen LogP contribution in [-0.4, -0.2) is 21.0 Å². The summed E-state index contributed by atoms with van der Waals surface area (Å²) in [5, 5.41) is 6.26. The van der Waals surface area contributed by atoms with Gasteiger partial charge >= 0.3 is 0 Å². The Labute approximate surface area is 143 Å². The van der Waals surface area contributed by atoms with Gasteiger partial charge in [-0.2, -0.15) is 4.98 Å². The summed E-state index contributed by atoms with van der Waals surface area (Å²) in [5.74, 6) is -0.801. The average Bonchev–Trinajstić information content (AvgIpc) is 3.43. The van der Waals surface area contributed by atoms with Gasteiger partial charge in [0, 0.05) is 41.8 Å². The van der Waals surface area contributed by atoms with E-state index in [-0.39, 0.29) is 0 Å². The molecule has 0 saturated heterocycles. The molecule has 2 aromatic heterocycles. The SMILES string of the molecule is Fc1ccc(Nc2cc(-c3ccncc3)nc(NC3CC3)n2)cc1F. The molecule has 0 amide bonds. The Morgan fingerprint density at radius 3 is 2.44 bits per heavy atom. The molecular weight excluding hydrogens is 324 g/mol. The van der Waals surface area contributed by atoms with Gasteiger partial charge in [0.1, 0.15) is 5.82 Å². The van der Waals surface area contributed by atoms with Gasteiger partial charge in [0.25, 0.3) is 0 Å². The third-order valence-corrected chi connectivity index (χ3v) is 3.80. The van der Waals surface area contributed by atoms with E-state index in [9.17, 15) is 8.78 Å². The Kier molecular flexibility index (Phi) is 3.97. The summed E-state index contributed by atoms with van der Waals surface area (Å²) in [4.78, 5) is 13.0. The smallest absolute Gasteiger partial charge is 0.225 e. The highest BCUT2D eigenvalue weighted by molar-refractivity contribution is 5.67. The molecule has 7 heteroatoms. The maximum Gasteiger partial charge on any atom is 0.225 e. The topological polar surface area (TPSA) is 62.7 Å². The lowest BCUT2D eigenvalue weighted by Crippen LogP contribution is -2.07. The summed E-state index contributed by atoms with van der Waals surface area (Å²) in [7, 11) is 0. The van der Waals surface area contributed by atoms with E-state index in [0.717, 1.165) is 30.5 Å². The largest absolute Gasteiger partial charge is 0.351 e. The first-order valence-electron chi connectivity index (χ1n) is 7.95. The van der Waals surface area contributed by atoms with Crippen LogP contribution in [0.3, 0.4) is 0 Å². The van der Waals surface area contributed by atoms with E-state index in [1.54, 1.807) is 18.5 Å². The van der Waals surface area contributed by atoms with Crippen molar-refractivity contribution in [1.29, 1.82) is 0 Å². The zero-order valence-electron chi connectivity index (χ0n) is 13.2. The van der Waals surface area contributed by atoms with Crippen LogP contribution in [0.2, 0.25) is 0 Å². The third kappa shape index (κ3) is 3.71. The average molecular weight is 339 g/mol. The molecule has 0 atom stereocenters. The Balaban J connectivity index is 1.68. The number of anilines is 3. The molecule has 2 N–H and O–H groups in total. The fourth-order valence-electron chi connectivity index (χ4n) is 2.38. The molecule has 1 aromatic carbocycles. The lowest BCUT2D eigenvalue weighted by molar-refractivity contribution is 0.509. The number of nitrogens with zero attached hydrogens (tertiary/aromatic N) is 3. The first-order valence-corrected chi connectivity index (χ1v) is 7.95. The zero-order valence-corrected chi connectivity index (χ0v) is 13.2. The Hall–Kier alpha value is -3.09. The van der Waals surface area contributed by atoms with Crippen molar-refractivity contribution in [2.45, 2.75) is 18.9 Å². The molecule has 25 heavy (non-hydrogen) atoms. The summed E-state index contributed by atoms with van der Waals surface area (Å²) in [6, 6.07) is 9.48. The van der Waals surface area contributed by atoms with Crippen molar-refractivity contribution in [3.63, 3.8) is 0 Å². The molecule has 0 spiro atoms. The molecule has 0 bridgehead atoms. The Morgan fingerprint density at radius 1 is 0.920 bits per heavy atom. The number of hydrogen-bond donors (Lipinski definition) is 2. The van der Waals surface area contributed by atoms with Crippen molar-refractivity contribution >= 4 is 17.5 Å². The number of aromatic nitrogens is 3. The van der Waals surface area contributed by atoms with Crippen molar-refractivity contribution in [3.8, 4) is 11.3 Å². The maximum absolute atomic E-state index is 13.4. The fraction of sp³-hybridized carbons (Fsp3) is 0.167. The molecule has 1 aliphatic rings. The lowest BCUT2D eigenvalue weighted by Gasteiger charge is -2.11. The molecule has 3 aromatic rings. The Morgan fingerprint density at radius 2 is 1.72 bits per heavy atom. The van der Waals surface area contributed by atoms with Gasteiger partial charge in [-0.3, -0.25) is 4.98 Å². The van der Waals surface area contributed by atoms with Crippen molar-refractivity contribution in [1.82, 2.24) is 15.0 Å². The van der Waals surface area contributed by atoms with Gasteiger partial charge in [0.15, 0.2) is 11.6 Å². The first-order chi connectivity index (χ1) is 12.2.